The Bertz CT molecular complexity index is 733. The van der Waals surface area contributed by atoms with Gasteiger partial charge in [0.2, 0.25) is 5.91 Å². The number of benzene rings is 1. The topological polar surface area (TPSA) is 81.5 Å². The molecular weight excluding hydrogens is 340 g/mol. The van der Waals surface area contributed by atoms with Gasteiger partial charge in [-0.3, -0.25) is 9.89 Å². The van der Waals surface area contributed by atoms with Crippen molar-refractivity contribution in [1.82, 2.24) is 20.0 Å². The van der Waals surface area contributed by atoms with Crippen LogP contribution in [-0.2, 0) is 11.3 Å². The molecule has 2 aromatic rings. The summed E-state index contributed by atoms with van der Waals surface area (Å²) in [6.45, 7) is 7.59. The summed E-state index contributed by atoms with van der Waals surface area (Å²) in [5, 5.41) is 7.43. The average Bonchev–Trinajstić information content (AvgIpc) is 3.16. The lowest BCUT2D eigenvalue weighted by Crippen LogP contribution is -2.48. The van der Waals surface area contributed by atoms with E-state index in [0.29, 0.717) is 13.0 Å². The normalized spacial score (nSPS) is 14.8. The molecule has 146 valence electrons. The molecule has 1 fully saturated rings. The summed E-state index contributed by atoms with van der Waals surface area (Å²) in [5.74, 6) is 0.246. The van der Waals surface area contributed by atoms with Crippen molar-refractivity contribution in [2.45, 2.75) is 19.9 Å². The molecule has 1 aromatic carbocycles. The number of piperazine rings is 1. The summed E-state index contributed by atoms with van der Waals surface area (Å²) in [5.41, 5.74) is 10.1. The molecule has 0 saturated carbocycles. The number of hydrogen-bond donors (Lipinski definition) is 2. The summed E-state index contributed by atoms with van der Waals surface area (Å²) < 4.78 is 0. The highest BCUT2D eigenvalue weighted by Gasteiger charge is 2.20. The minimum Gasteiger partial charge on any atom is -0.368 e. The zero-order valence-electron chi connectivity index (χ0n) is 16.3. The summed E-state index contributed by atoms with van der Waals surface area (Å²) in [6.07, 6.45) is 2.54. The third kappa shape index (κ3) is 4.67. The van der Waals surface area contributed by atoms with E-state index in [1.165, 1.54) is 11.3 Å². The fourth-order valence-electron chi connectivity index (χ4n) is 3.54. The first-order valence-electron chi connectivity index (χ1n) is 9.66. The van der Waals surface area contributed by atoms with Crippen LogP contribution in [-0.4, -0.2) is 72.2 Å². The van der Waals surface area contributed by atoms with E-state index in [9.17, 15) is 4.79 Å². The van der Waals surface area contributed by atoms with Gasteiger partial charge in [-0.25, -0.2) is 0 Å². The molecule has 27 heavy (non-hydrogen) atoms. The molecule has 1 saturated heterocycles. The summed E-state index contributed by atoms with van der Waals surface area (Å²) in [6, 6.07) is 8.55. The number of rotatable bonds is 7. The Balaban J connectivity index is 1.65. The predicted octanol–water partition coefficient (Wildman–Crippen LogP) is 1.53. The first-order chi connectivity index (χ1) is 13.1. The van der Waals surface area contributed by atoms with Gasteiger partial charge in [0.25, 0.3) is 0 Å². The van der Waals surface area contributed by atoms with Crippen molar-refractivity contribution in [1.29, 1.82) is 0 Å². The SMILES string of the molecule is CCC(=O)N1CCN(c2ccc(-c3n[nH]cc3CN(C)CCN)cc2)CC1. The highest BCUT2D eigenvalue weighted by Crippen LogP contribution is 2.25. The van der Waals surface area contributed by atoms with Gasteiger partial charge in [-0.1, -0.05) is 19.1 Å². The fraction of sp³-hybridized carbons (Fsp3) is 0.500. The van der Waals surface area contributed by atoms with Gasteiger partial charge in [-0.15, -0.1) is 0 Å². The summed E-state index contributed by atoms with van der Waals surface area (Å²) >= 11 is 0. The van der Waals surface area contributed by atoms with Crippen molar-refractivity contribution in [2.75, 3.05) is 51.2 Å². The number of nitrogens with zero attached hydrogens (tertiary/aromatic N) is 4. The second-order valence-corrected chi connectivity index (χ2v) is 7.05. The smallest absolute Gasteiger partial charge is 0.222 e. The molecule has 1 aliphatic rings. The van der Waals surface area contributed by atoms with Gasteiger partial charge in [0.15, 0.2) is 0 Å². The molecule has 1 aliphatic heterocycles. The molecule has 1 aromatic heterocycles. The Morgan fingerprint density at radius 3 is 2.56 bits per heavy atom. The molecule has 0 aliphatic carbocycles. The maximum atomic E-state index is 11.8. The molecule has 3 N–H and O–H groups in total. The number of aromatic amines is 1. The maximum Gasteiger partial charge on any atom is 0.222 e. The van der Waals surface area contributed by atoms with Crippen molar-refractivity contribution in [3.8, 4) is 11.3 Å². The largest absolute Gasteiger partial charge is 0.368 e. The van der Waals surface area contributed by atoms with Crippen molar-refractivity contribution < 1.29 is 4.79 Å². The molecule has 7 heteroatoms. The number of nitrogens with two attached hydrogens (primary N) is 1. The van der Waals surface area contributed by atoms with Crippen LogP contribution >= 0.6 is 0 Å². The van der Waals surface area contributed by atoms with Crippen LogP contribution in [0.5, 0.6) is 0 Å². The molecule has 0 unspecified atom stereocenters. The van der Waals surface area contributed by atoms with Gasteiger partial charge >= 0.3 is 0 Å². The first kappa shape index (κ1) is 19.4. The van der Waals surface area contributed by atoms with E-state index in [1.54, 1.807) is 0 Å². The zero-order chi connectivity index (χ0) is 19.2. The van der Waals surface area contributed by atoms with Crippen LogP contribution in [0.1, 0.15) is 18.9 Å². The number of amides is 1. The van der Waals surface area contributed by atoms with Crippen LogP contribution in [0.3, 0.4) is 0 Å². The van der Waals surface area contributed by atoms with Crippen LogP contribution < -0.4 is 10.6 Å². The maximum absolute atomic E-state index is 11.8. The van der Waals surface area contributed by atoms with Crippen LogP contribution in [0, 0.1) is 0 Å². The molecule has 0 spiro atoms. The van der Waals surface area contributed by atoms with Gasteiger partial charge in [-0.05, 0) is 19.2 Å². The molecule has 0 bridgehead atoms. The highest BCUT2D eigenvalue weighted by atomic mass is 16.2. The number of aromatic nitrogens is 2. The third-order valence-corrected chi connectivity index (χ3v) is 5.11. The number of likely N-dealkylation sites (N-methyl/N-ethyl adjacent to an activating group) is 1. The van der Waals surface area contributed by atoms with Gasteiger partial charge in [0.1, 0.15) is 0 Å². The Kier molecular flexibility index (Phi) is 6.47. The second-order valence-electron chi connectivity index (χ2n) is 7.05. The lowest BCUT2D eigenvalue weighted by Gasteiger charge is -2.36. The highest BCUT2D eigenvalue weighted by molar-refractivity contribution is 5.76. The van der Waals surface area contributed by atoms with Gasteiger partial charge in [0, 0.05) is 75.2 Å². The fourth-order valence-corrected chi connectivity index (χ4v) is 3.54. The molecule has 2 heterocycles. The molecule has 7 nitrogen and oxygen atoms in total. The summed E-state index contributed by atoms with van der Waals surface area (Å²) in [7, 11) is 2.07. The lowest BCUT2D eigenvalue weighted by atomic mass is 10.1. The van der Waals surface area contributed by atoms with E-state index in [0.717, 1.165) is 50.5 Å². The van der Waals surface area contributed by atoms with E-state index in [2.05, 4.69) is 51.3 Å². The van der Waals surface area contributed by atoms with E-state index in [-0.39, 0.29) is 5.91 Å². The lowest BCUT2D eigenvalue weighted by molar-refractivity contribution is -0.131. The summed E-state index contributed by atoms with van der Waals surface area (Å²) in [4.78, 5) is 18.3. The van der Waals surface area contributed by atoms with Crippen LogP contribution in [0.4, 0.5) is 5.69 Å². The van der Waals surface area contributed by atoms with E-state index in [1.807, 2.05) is 18.0 Å². The Morgan fingerprint density at radius 1 is 1.22 bits per heavy atom. The van der Waals surface area contributed by atoms with E-state index < -0.39 is 0 Å². The Labute approximate surface area is 161 Å². The molecular formula is C20H30N6O. The van der Waals surface area contributed by atoms with Crippen molar-refractivity contribution >= 4 is 11.6 Å². The number of anilines is 1. The van der Waals surface area contributed by atoms with E-state index in [4.69, 9.17) is 5.73 Å². The van der Waals surface area contributed by atoms with Crippen molar-refractivity contribution in [2.24, 2.45) is 5.73 Å². The predicted molar refractivity (Wildman–Crippen MR) is 108 cm³/mol. The number of H-pyrrole nitrogens is 1. The molecule has 3 rings (SSSR count). The number of carbonyl (C=O) groups is 1. The Morgan fingerprint density at radius 2 is 1.93 bits per heavy atom. The first-order valence-corrected chi connectivity index (χ1v) is 9.66. The second kappa shape index (κ2) is 9.01. The van der Waals surface area contributed by atoms with Gasteiger partial charge in [0.05, 0.1) is 5.69 Å². The monoisotopic (exact) mass is 370 g/mol. The van der Waals surface area contributed by atoms with Gasteiger partial charge in [-0.2, -0.15) is 5.10 Å². The Hall–Kier alpha value is -2.38. The van der Waals surface area contributed by atoms with E-state index >= 15 is 0 Å². The molecule has 1 amide bonds. The van der Waals surface area contributed by atoms with Gasteiger partial charge < -0.3 is 20.4 Å². The third-order valence-electron chi connectivity index (χ3n) is 5.11. The minimum absolute atomic E-state index is 0.246. The minimum atomic E-state index is 0.246. The van der Waals surface area contributed by atoms with Crippen molar-refractivity contribution in [3.63, 3.8) is 0 Å². The quantitative estimate of drug-likeness (QED) is 0.772. The van der Waals surface area contributed by atoms with Crippen molar-refractivity contribution in [3.05, 3.63) is 36.0 Å². The van der Waals surface area contributed by atoms with Crippen LogP contribution in [0.15, 0.2) is 30.5 Å². The molecule has 0 radical (unpaired) electrons. The number of hydrogen-bond acceptors (Lipinski definition) is 5. The number of nitrogens with one attached hydrogen (secondary N) is 1. The van der Waals surface area contributed by atoms with Crippen LogP contribution in [0.25, 0.3) is 11.3 Å². The van der Waals surface area contributed by atoms with Crippen LogP contribution in [0.2, 0.25) is 0 Å². The zero-order valence-corrected chi connectivity index (χ0v) is 16.3. The number of carbonyl (C=O) groups excluding carboxylic acids is 1. The molecule has 0 atom stereocenters. The standard InChI is InChI=1S/C20H30N6O/c1-3-19(27)26-12-10-25(11-13-26)18-6-4-16(5-7-18)20-17(14-22-23-20)15-24(2)9-8-21/h4-7,14H,3,8-13,15,21H2,1-2H3,(H,22,23). The average molecular weight is 371 g/mol.